The van der Waals surface area contributed by atoms with E-state index in [1.165, 1.54) is 51.4 Å². The van der Waals surface area contributed by atoms with Crippen LogP contribution in [0.1, 0.15) is 121 Å². The molecule has 3 nitrogen and oxygen atoms in total. The normalized spacial score (nSPS) is 20.2. The van der Waals surface area contributed by atoms with E-state index >= 15 is 0 Å². The van der Waals surface area contributed by atoms with Gasteiger partial charge >= 0.3 is 0 Å². The van der Waals surface area contributed by atoms with Gasteiger partial charge in [-0.05, 0) is 75.3 Å². The number of ether oxygens (including phenoxy) is 1. The molecule has 3 atom stereocenters. The second-order valence-corrected chi connectivity index (χ2v) is 11.5. The maximum atomic E-state index is 10.4. The number of fused-ring (bicyclic) bond motifs is 1. The van der Waals surface area contributed by atoms with E-state index in [4.69, 9.17) is 4.74 Å². The highest BCUT2D eigenvalue weighted by atomic mass is 16.5. The van der Waals surface area contributed by atoms with Gasteiger partial charge in [0.15, 0.2) is 0 Å². The third-order valence-electron chi connectivity index (χ3n) is 7.87. The van der Waals surface area contributed by atoms with Gasteiger partial charge in [0.2, 0.25) is 0 Å². The van der Waals surface area contributed by atoms with Gasteiger partial charge in [0.1, 0.15) is 17.1 Å². The van der Waals surface area contributed by atoms with Crippen molar-refractivity contribution < 1.29 is 14.9 Å². The minimum absolute atomic E-state index is 0.136. The predicted molar refractivity (Wildman–Crippen MR) is 136 cm³/mol. The summed E-state index contributed by atoms with van der Waals surface area (Å²) in [5.74, 6) is 3.61. The Hall–Kier alpha value is -1.22. The SMILES string of the molecule is Cc1c(C)c2c(c(CO)c1O)CC[C@@](C)(CCC[C@H](C)CCC[C@H](C)CCCC(C)C)O2. The van der Waals surface area contributed by atoms with E-state index in [1.807, 2.05) is 13.8 Å². The largest absolute Gasteiger partial charge is 0.507 e. The first-order valence-corrected chi connectivity index (χ1v) is 13.2. The van der Waals surface area contributed by atoms with Gasteiger partial charge in [-0.1, -0.05) is 72.6 Å². The molecular weight excluding hydrogens is 396 g/mol. The molecule has 0 saturated heterocycles. The average Bonchev–Trinajstić information content (AvgIpc) is 2.73. The zero-order valence-corrected chi connectivity index (χ0v) is 22.0. The van der Waals surface area contributed by atoms with E-state index in [1.54, 1.807) is 0 Å². The number of rotatable bonds is 13. The molecule has 1 aromatic carbocycles. The van der Waals surface area contributed by atoms with E-state index in [2.05, 4.69) is 34.6 Å². The first-order chi connectivity index (χ1) is 15.1. The topological polar surface area (TPSA) is 49.7 Å². The molecule has 0 amide bonds. The van der Waals surface area contributed by atoms with Crippen LogP contribution in [0, 0.1) is 31.6 Å². The first-order valence-electron chi connectivity index (χ1n) is 13.2. The zero-order chi connectivity index (χ0) is 23.9. The summed E-state index contributed by atoms with van der Waals surface area (Å²) in [4.78, 5) is 0. The molecule has 0 spiro atoms. The summed E-state index contributed by atoms with van der Waals surface area (Å²) in [5.41, 5.74) is 3.33. The van der Waals surface area contributed by atoms with Crippen molar-refractivity contribution in [1.29, 1.82) is 0 Å². The van der Waals surface area contributed by atoms with Crippen molar-refractivity contribution in [2.24, 2.45) is 17.8 Å². The summed E-state index contributed by atoms with van der Waals surface area (Å²) in [5, 5.41) is 20.2. The van der Waals surface area contributed by atoms with Crippen molar-refractivity contribution >= 4 is 0 Å². The van der Waals surface area contributed by atoms with Crippen LogP contribution in [-0.4, -0.2) is 15.8 Å². The third-order valence-corrected chi connectivity index (χ3v) is 7.87. The molecule has 0 aliphatic carbocycles. The summed E-state index contributed by atoms with van der Waals surface area (Å²) >= 11 is 0. The number of hydrogen-bond donors (Lipinski definition) is 2. The van der Waals surface area contributed by atoms with Crippen LogP contribution >= 0.6 is 0 Å². The molecule has 1 aliphatic heterocycles. The van der Waals surface area contributed by atoms with Crippen molar-refractivity contribution in [1.82, 2.24) is 0 Å². The van der Waals surface area contributed by atoms with Crippen molar-refractivity contribution in [3.05, 3.63) is 22.3 Å². The van der Waals surface area contributed by atoms with E-state index in [-0.39, 0.29) is 18.0 Å². The molecule has 0 saturated carbocycles. The van der Waals surface area contributed by atoms with E-state index < -0.39 is 0 Å². The molecule has 0 aromatic heterocycles. The summed E-state index contributed by atoms with van der Waals surface area (Å²) in [6.45, 7) is 15.5. The summed E-state index contributed by atoms with van der Waals surface area (Å²) in [6.07, 6.45) is 13.5. The smallest absolute Gasteiger partial charge is 0.127 e. The molecule has 0 bridgehead atoms. The lowest BCUT2D eigenvalue weighted by molar-refractivity contribution is 0.0506. The molecule has 0 radical (unpaired) electrons. The van der Waals surface area contributed by atoms with Gasteiger partial charge in [0.05, 0.1) is 6.61 Å². The number of aromatic hydroxyl groups is 1. The van der Waals surface area contributed by atoms with Crippen LogP contribution < -0.4 is 4.74 Å². The number of aliphatic hydroxyl groups is 1. The monoisotopic (exact) mass is 446 g/mol. The van der Waals surface area contributed by atoms with Gasteiger partial charge in [-0.3, -0.25) is 0 Å². The van der Waals surface area contributed by atoms with Crippen LogP contribution in [0.15, 0.2) is 0 Å². The third kappa shape index (κ3) is 7.40. The molecule has 32 heavy (non-hydrogen) atoms. The van der Waals surface area contributed by atoms with Crippen LogP contribution in [0.2, 0.25) is 0 Å². The lowest BCUT2D eigenvalue weighted by Gasteiger charge is -2.38. The summed E-state index contributed by atoms with van der Waals surface area (Å²) in [7, 11) is 0. The first kappa shape index (κ1) is 27.0. The highest BCUT2D eigenvalue weighted by molar-refractivity contribution is 5.58. The van der Waals surface area contributed by atoms with Crippen molar-refractivity contribution in [3.8, 4) is 11.5 Å². The lowest BCUT2D eigenvalue weighted by atomic mass is 9.83. The van der Waals surface area contributed by atoms with Crippen LogP contribution in [-0.2, 0) is 13.0 Å². The Morgan fingerprint density at radius 1 is 0.875 bits per heavy atom. The Kier molecular flexibility index (Phi) is 10.4. The van der Waals surface area contributed by atoms with E-state index in [9.17, 15) is 10.2 Å². The molecule has 1 heterocycles. The van der Waals surface area contributed by atoms with Crippen molar-refractivity contribution in [3.63, 3.8) is 0 Å². The van der Waals surface area contributed by atoms with Crippen LogP contribution in [0.25, 0.3) is 0 Å². The van der Waals surface area contributed by atoms with Crippen molar-refractivity contribution in [2.45, 2.75) is 131 Å². The molecule has 1 aromatic rings. The molecule has 184 valence electrons. The van der Waals surface area contributed by atoms with E-state index in [0.717, 1.165) is 59.5 Å². The van der Waals surface area contributed by atoms with Crippen molar-refractivity contribution in [2.75, 3.05) is 0 Å². The highest BCUT2D eigenvalue weighted by Gasteiger charge is 2.34. The van der Waals surface area contributed by atoms with Gasteiger partial charge in [-0.15, -0.1) is 0 Å². The van der Waals surface area contributed by atoms with Crippen LogP contribution in [0.4, 0.5) is 0 Å². The molecule has 1 aliphatic rings. The number of aliphatic hydroxyl groups excluding tert-OH is 1. The molecular formula is C29H50O3. The average molecular weight is 447 g/mol. The molecule has 2 N–H and O–H groups in total. The lowest BCUT2D eigenvalue weighted by Crippen LogP contribution is -2.37. The van der Waals surface area contributed by atoms with Crippen LogP contribution in [0.5, 0.6) is 11.5 Å². The Labute approximate surface area is 198 Å². The predicted octanol–water partition coefficient (Wildman–Crippen LogP) is 8.02. The Morgan fingerprint density at radius 2 is 1.44 bits per heavy atom. The maximum absolute atomic E-state index is 10.4. The van der Waals surface area contributed by atoms with E-state index in [0.29, 0.717) is 5.56 Å². The minimum atomic E-state index is -0.154. The van der Waals surface area contributed by atoms with Crippen LogP contribution in [0.3, 0.4) is 0 Å². The quantitative estimate of drug-likeness (QED) is 0.322. The van der Waals surface area contributed by atoms with Gasteiger partial charge in [0, 0.05) is 11.1 Å². The number of phenols is 1. The Morgan fingerprint density at radius 3 is 2.00 bits per heavy atom. The zero-order valence-electron chi connectivity index (χ0n) is 22.0. The second kappa shape index (κ2) is 12.3. The van der Waals surface area contributed by atoms with Gasteiger partial charge in [-0.2, -0.15) is 0 Å². The Balaban J connectivity index is 1.77. The molecule has 2 rings (SSSR count). The fourth-order valence-corrected chi connectivity index (χ4v) is 5.32. The standard InChI is InChI=1S/C29H50O3/c1-20(2)11-8-12-21(3)13-9-14-22(4)15-10-17-29(7)18-16-25-26(19-30)27(31)23(5)24(6)28(25)32-29/h20-22,30-31H,8-19H2,1-7H3/t21-,22-,29-/m1/s1. The summed E-state index contributed by atoms with van der Waals surface area (Å²) < 4.78 is 6.55. The van der Waals surface area contributed by atoms with Gasteiger partial charge < -0.3 is 14.9 Å². The summed E-state index contributed by atoms with van der Waals surface area (Å²) in [6, 6.07) is 0. The highest BCUT2D eigenvalue weighted by Crippen LogP contribution is 2.44. The second-order valence-electron chi connectivity index (χ2n) is 11.5. The Bertz CT molecular complexity index is 724. The van der Waals surface area contributed by atoms with Gasteiger partial charge in [-0.25, -0.2) is 0 Å². The van der Waals surface area contributed by atoms with Gasteiger partial charge in [0.25, 0.3) is 0 Å². The molecule has 3 heteroatoms. The molecule has 0 unspecified atom stereocenters. The fraction of sp³-hybridized carbons (Fsp3) is 0.793. The number of benzene rings is 1. The molecule has 0 fully saturated rings. The number of hydrogen-bond acceptors (Lipinski definition) is 3. The fourth-order valence-electron chi connectivity index (χ4n) is 5.32. The maximum Gasteiger partial charge on any atom is 0.127 e. The minimum Gasteiger partial charge on any atom is -0.507 e.